The summed E-state index contributed by atoms with van der Waals surface area (Å²) in [6.45, 7) is 5.90. The molecule has 0 aliphatic rings. The molecular formula is C19H25N5O2S. The first-order valence-electron chi connectivity index (χ1n) is 8.84. The number of rotatable bonds is 8. The predicted molar refractivity (Wildman–Crippen MR) is 107 cm³/mol. The van der Waals surface area contributed by atoms with Crippen LogP contribution in [-0.4, -0.2) is 27.9 Å². The van der Waals surface area contributed by atoms with Crippen LogP contribution in [0.4, 0.5) is 10.5 Å². The highest BCUT2D eigenvalue weighted by Gasteiger charge is 2.19. The molecule has 0 saturated carbocycles. The third kappa shape index (κ3) is 6.90. The smallest absolute Gasteiger partial charge is 0.312 e. The van der Waals surface area contributed by atoms with Gasteiger partial charge < -0.3 is 16.4 Å². The van der Waals surface area contributed by atoms with Gasteiger partial charge in [0.05, 0.1) is 0 Å². The van der Waals surface area contributed by atoms with Crippen molar-refractivity contribution in [3.63, 3.8) is 0 Å². The molecule has 2 rings (SSSR count). The molecule has 1 atom stereocenters. The zero-order valence-corrected chi connectivity index (χ0v) is 16.6. The molecule has 3 amide bonds. The van der Waals surface area contributed by atoms with Gasteiger partial charge in [-0.05, 0) is 62.4 Å². The molecule has 0 spiro atoms. The van der Waals surface area contributed by atoms with Gasteiger partial charge in [0.15, 0.2) is 5.16 Å². The standard InChI is InChI=1S/C19H25N5O2S/c1-4-5-6-16(24-18(20)26)17(25)23-14-7-9-15(10-8-14)27-19-21-12(2)11-13(3)22-19/h7-11,16H,4-6H2,1-3H3,(H,23,25)(H3,20,24,26). The van der Waals surface area contributed by atoms with E-state index in [2.05, 4.69) is 20.6 Å². The number of amides is 3. The van der Waals surface area contributed by atoms with Gasteiger partial charge in [0.2, 0.25) is 5.91 Å². The number of hydrogen-bond acceptors (Lipinski definition) is 5. The van der Waals surface area contributed by atoms with Crippen molar-refractivity contribution in [3.8, 4) is 0 Å². The minimum absolute atomic E-state index is 0.278. The topological polar surface area (TPSA) is 110 Å². The van der Waals surface area contributed by atoms with E-state index in [9.17, 15) is 9.59 Å². The summed E-state index contributed by atoms with van der Waals surface area (Å²) in [4.78, 5) is 33.3. The molecule has 0 saturated heterocycles. The van der Waals surface area contributed by atoms with Crippen LogP contribution < -0.4 is 16.4 Å². The Morgan fingerprint density at radius 3 is 2.33 bits per heavy atom. The second kappa shape index (κ2) is 9.91. The van der Waals surface area contributed by atoms with E-state index < -0.39 is 12.1 Å². The fourth-order valence-corrected chi connectivity index (χ4v) is 3.39. The van der Waals surface area contributed by atoms with E-state index in [-0.39, 0.29) is 5.91 Å². The van der Waals surface area contributed by atoms with Crippen LogP contribution in [-0.2, 0) is 4.79 Å². The van der Waals surface area contributed by atoms with E-state index in [1.807, 2.05) is 51.1 Å². The number of nitrogens with two attached hydrogens (primary N) is 1. The number of unbranched alkanes of at least 4 members (excludes halogenated alkanes) is 1. The fraction of sp³-hybridized carbons (Fsp3) is 0.368. The summed E-state index contributed by atoms with van der Waals surface area (Å²) >= 11 is 1.46. The van der Waals surface area contributed by atoms with Gasteiger partial charge in [-0.15, -0.1) is 0 Å². The van der Waals surface area contributed by atoms with Crippen LogP contribution in [0, 0.1) is 13.8 Å². The molecule has 0 bridgehead atoms. The van der Waals surface area contributed by atoms with Crippen molar-refractivity contribution < 1.29 is 9.59 Å². The van der Waals surface area contributed by atoms with Gasteiger partial charge in [-0.3, -0.25) is 4.79 Å². The lowest BCUT2D eigenvalue weighted by molar-refractivity contribution is -0.118. The van der Waals surface area contributed by atoms with E-state index in [0.29, 0.717) is 17.3 Å². The van der Waals surface area contributed by atoms with Crippen LogP contribution in [0.5, 0.6) is 0 Å². The van der Waals surface area contributed by atoms with Gasteiger partial charge in [0.25, 0.3) is 0 Å². The SMILES string of the molecule is CCCCC(NC(N)=O)C(=O)Nc1ccc(Sc2nc(C)cc(C)n2)cc1. The van der Waals surface area contributed by atoms with Gasteiger partial charge in [0.1, 0.15) is 6.04 Å². The van der Waals surface area contributed by atoms with E-state index in [1.54, 1.807) is 0 Å². The second-order valence-electron chi connectivity index (χ2n) is 6.25. The maximum absolute atomic E-state index is 12.4. The van der Waals surface area contributed by atoms with Crippen LogP contribution in [0.15, 0.2) is 40.4 Å². The fourth-order valence-electron chi connectivity index (χ4n) is 2.53. The van der Waals surface area contributed by atoms with Gasteiger partial charge in [0, 0.05) is 22.0 Å². The molecule has 0 radical (unpaired) electrons. The Morgan fingerprint density at radius 2 is 1.78 bits per heavy atom. The van der Waals surface area contributed by atoms with Crippen LogP contribution in [0.2, 0.25) is 0 Å². The summed E-state index contributed by atoms with van der Waals surface area (Å²) in [5.41, 5.74) is 7.67. The first kappa shape index (κ1) is 20.7. The lowest BCUT2D eigenvalue weighted by Crippen LogP contribution is -2.46. The lowest BCUT2D eigenvalue weighted by Gasteiger charge is -2.17. The number of hydrogen-bond donors (Lipinski definition) is 3. The van der Waals surface area contributed by atoms with Gasteiger partial charge in [-0.2, -0.15) is 0 Å². The van der Waals surface area contributed by atoms with E-state index >= 15 is 0 Å². The third-order valence-electron chi connectivity index (χ3n) is 3.77. The second-order valence-corrected chi connectivity index (χ2v) is 7.29. The number of nitrogens with one attached hydrogen (secondary N) is 2. The van der Waals surface area contributed by atoms with Gasteiger partial charge in [-0.25, -0.2) is 14.8 Å². The normalized spacial score (nSPS) is 11.7. The van der Waals surface area contributed by atoms with Crippen molar-refractivity contribution in [3.05, 3.63) is 41.7 Å². The maximum Gasteiger partial charge on any atom is 0.312 e. The number of nitrogens with zero attached hydrogens (tertiary/aromatic N) is 2. The van der Waals surface area contributed by atoms with E-state index in [1.165, 1.54) is 11.8 Å². The number of urea groups is 1. The molecule has 0 fully saturated rings. The molecule has 1 unspecified atom stereocenters. The first-order valence-corrected chi connectivity index (χ1v) is 9.66. The number of anilines is 1. The number of carbonyl (C=O) groups is 2. The van der Waals surface area contributed by atoms with Crippen molar-refractivity contribution in [1.29, 1.82) is 0 Å². The molecule has 7 nitrogen and oxygen atoms in total. The Balaban J connectivity index is 2.01. The predicted octanol–water partition coefficient (Wildman–Crippen LogP) is 3.41. The molecule has 1 aromatic heterocycles. The largest absolute Gasteiger partial charge is 0.352 e. The number of aryl methyl sites for hydroxylation is 2. The first-order chi connectivity index (χ1) is 12.9. The number of primary amides is 1. The maximum atomic E-state index is 12.4. The van der Waals surface area contributed by atoms with Crippen LogP contribution >= 0.6 is 11.8 Å². The highest BCUT2D eigenvalue weighted by molar-refractivity contribution is 7.99. The van der Waals surface area contributed by atoms with Crippen molar-refractivity contribution >= 4 is 29.4 Å². The van der Waals surface area contributed by atoms with Crippen molar-refractivity contribution in [1.82, 2.24) is 15.3 Å². The Kier molecular flexibility index (Phi) is 7.60. The molecule has 1 aromatic carbocycles. The molecule has 144 valence electrons. The molecular weight excluding hydrogens is 362 g/mol. The third-order valence-corrected chi connectivity index (χ3v) is 4.65. The molecule has 1 heterocycles. The van der Waals surface area contributed by atoms with Crippen LogP contribution in [0.3, 0.4) is 0 Å². The van der Waals surface area contributed by atoms with Crippen molar-refractivity contribution in [2.24, 2.45) is 5.73 Å². The highest BCUT2D eigenvalue weighted by Crippen LogP contribution is 2.26. The van der Waals surface area contributed by atoms with Gasteiger partial charge in [-0.1, -0.05) is 19.8 Å². The number of aromatic nitrogens is 2. The number of benzene rings is 1. The quantitative estimate of drug-likeness (QED) is 0.601. The highest BCUT2D eigenvalue weighted by atomic mass is 32.2. The van der Waals surface area contributed by atoms with Crippen LogP contribution in [0.1, 0.15) is 37.6 Å². The summed E-state index contributed by atoms with van der Waals surface area (Å²) in [7, 11) is 0. The molecule has 0 aliphatic carbocycles. The van der Waals surface area contributed by atoms with Crippen molar-refractivity contribution in [2.45, 2.75) is 56.1 Å². The summed E-state index contributed by atoms with van der Waals surface area (Å²) in [6.07, 6.45) is 2.30. The molecule has 27 heavy (non-hydrogen) atoms. The summed E-state index contributed by atoms with van der Waals surface area (Å²) in [5.74, 6) is -0.278. The Morgan fingerprint density at radius 1 is 1.15 bits per heavy atom. The zero-order chi connectivity index (χ0) is 19.8. The minimum atomic E-state index is -0.702. The van der Waals surface area contributed by atoms with Crippen molar-refractivity contribution in [2.75, 3.05) is 5.32 Å². The molecule has 0 aliphatic heterocycles. The molecule has 2 aromatic rings. The molecule has 8 heteroatoms. The monoisotopic (exact) mass is 387 g/mol. The average Bonchev–Trinajstić information content (AvgIpc) is 2.59. The summed E-state index contributed by atoms with van der Waals surface area (Å²) < 4.78 is 0. The summed E-state index contributed by atoms with van der Waals surface area (Å²) in [5, 5.41) is 6.00. The van der Waals surface area contributed by atoms with Gasteiger partial charge >= 0.3 is 6.03 Å². The Bertz CT molecular complexity index is 775. The lowest BCUT2D eigenvalue weighted by atomic mass is 10.1. The average molecular weight is 388 g/mol. The summed E-state index contributed by atoms with van der Waals surface area (Å²) in [6, 6.07) is 7.99. The molecule has 4 N–H and O–H groups in total. The van der Waals surface area contributed by atoms with Crippen LogP contribution in [0.25, 0.3) is 0 Å². The Hall–Kier alpha value is -2.61. The Labute approximate surface area is 163 Å². The zero-order valence-electron chi connectivity index (χ0n) is 15.8. The van der Waals surface area contributed by atoms with E-state index in [4.69, 9.17) is 5.73 Å². The van der Waals surface area contributed by atoms with E-state index in [0.717, 1.165) is 29.1 Å². The minimum Gasteiger partial charge on any atom is -0.352 e. The number of carbonyl (C=O) groups excluding carboxylic acids is 2.